The van der Waals surface area contributed by atoms with E-state index in [1.165, 1.54) is 29.5 Å². The predicted octanol–water partition coefficient (Wildman–Crippen LogP) is 4.53. The van der Waals surface area contributed by atoms with Crippen LogP contribution in [0.15, 0.2) is 77.1 Å². The Kier molecular flexibility index (Phi) is 7.85. The number of hydrogen-bond donors (Lipinski definition) is 2. The monoisotopic (exact) mass is 634 g/mol. The molecule has 0 spiro atoms. The molecule has 3 aromatic heterocycles. The van der Waals surface area contributed by atoms with Crippen molar-refractivity contribution in [1.29, 1.82) is 0 Å². The van der Waals surface area contributed by atoms with Crippen molar-refractivity contribution in [3.63, 3.8) is 0 Å². The van der Waals surface area contributed by atoms with E-state index in [0.29, 0.717) is 38.1 Å². The maximum atomic E-state index is 14.0. The van der Waals surface area contributed by atoms with Gasteiger partial charge in [0.1, 0.15) is 11.9 Å². The number of rotatable bonds is 9. The van der Waals surface area contributed by atoms with Crippen LogP contribution < -0.4 is 9.44 Å². The van der Waals surface area contributed by atoms with Crippen LogP contribution in [0.2, 0.25) is 5.02 Å². The van der Waals surface area contributed by atoms with Crippen molar-refractivity contribution in [3.05, 3.63) is 105 Å². The van der Waals surface area contributed by atoms with Crippen LogP contribution in [0.3, 0.4) is 0 Å². The van der Waals surface area contributed by atoms with Crippen LogP contribution in [0, 0.1) is 5.82 Å². The van der Waals surface area contributed by atoms with Gasteiger partial charge < -0.3 is 4.90 Å². The number of nitrogens with zero attached hydrogens (tertiary/aromatic N) is 6. The number of nitrogens with one attached hydrogen (secondary N) is 2. The lowest BCUT2D eigenvalue weighted by Crippen LogP contribution is -2.44. The Morgan fingerprint density at radius 2 is 2.00 bits per heavy atom. The molecule has 0 bridgehead atoms. The molecule has 1 saturated heterocycles. The van der Waals surface area contributed by atoms with Crippen LogP contribution in [-0.2, 0) is 16.8 Å². The Bertz CT molecular complexity index is 1760. The lowest BCUT2D eigenvalue weighted by Gasteiger charge is -2.32. The SMILES string of the molecule is O=S(=O)(NCc1ccccn1)N[C@H]1CC2=C(c3ccn(C(F)F)n3)[C@H](c3ccc(F)cc3Cl)N=C(c3nccs3)N2C1. The first kappa shape index (κ1) is 28.5. The quantitative estimate of drug-likeness (QED) is 0.279. The molecule has 10 nitrogen and oxygen atoms in total. The number of aromatic nitrogens is 4. The Morgan fingerprint density at radius 1 is 1.14 bits per heavy atom. The topological polar surface area (TPSA) is 117 Å². The summed E-state index contributed by atoms with van der Waals surface area (Å²) in [6, 6.07) is 9.02. The first-order valence-corrected chi connectivity index (χ1v) is 15.4. The molecule has 0 unspecified atom stereocenters. The van der Waals surface area contributed by atoms with E-state index in [9.17, 15) is 21.6 Å². The second-order valence-corrected chi connectivity index (χ2v) is 12.3. The third-order valence-electron chi connectivity index (χ3n) is 6.72. The Balaban J connectivity index is 1.41. The maximum Gasteiger partial charge on any atom is 0.333 e. The van der Waals surface area contributed by atoms with E-state index in [2.05, 4.69) is 24.5 Å². The van der Waals surface area contributed by atoms with Crippen LogP contribution in [0.5, 0.6) is 0 Å². The van der Waals surface area contributed by atoms with Gasteiger partial charge in [-0.15, -0.1) is 11.3 Å². The standard InChI is InChI=1S/C26H22ClF3N8O2S2/c27-19-11-15(28)4-5-18(19)23-22(20-6-9-38(35-20)26(29)30)21-12-17(14-37(21)24(34-23)25-32-8-10-41-25)36-42(39,40)33-13-16-3-1-2-7-31-16/h1-11,17,23,26,33,36H,12-14H2/t17-,23-/m0/s1. The van der Waals surface area contributed by atoms with Crippen molar-refractivity contribution >= 4 is 44.6 Å². The van der Waals surface area contributed by atoms with Crippen molar-refractivity contribution in [2.75, 3.05) is 6.54 Å². The number of amidine groups is 1. The zero-order valence-electron chi connectivity index (χ0n) is 21.5. The van der Waals surface area contributed by atoms with Crippen molar-refractivity contribution in [3.8, 4) is 0 Å². The van der Waals surface area contributed by atoms with Crippen molar-refractivity contribution in [2.45, 2.75) is 31.6 Å². The van der Waals surface area contributed by atoms with Gasteiger partial charge in [-0.05, 0) is 30.3 Å². The molecule has 1 fully saturated rings. The summed E-state index contributed by atoms with van der Waals surface area (Å²) in [7, 11) is -3.97. The summed E-state index contributed by atoms with van der Waals surface area (Å²) < 4.78 is 72.7. The van der Waals surface area contributed by atoms with Gasteiger partial charge >= 0.3 is 6.55 Å². The summed E-state index contributed by atoms with van der Waals surface area (Å²) in [6.07, 6.45) is 4.51. The summed E-state index contributed by atoms with van der Waals surface area (Å²) in [4.78, 5) is 15.3. The molecular formula is C26H22ClF3N8O2S2. The van der Waals surface area contributed by atoms with Gasteiger partial charge in [0.05, 0.1) is 17.9 Å². The normalized spacial score (nSPS) is 19.0. The highest BCUT2D eigenvalue weighted by Gasteiger charge is 2.42. The summed E-state index contributed by atoms with van der Waals surface area (Å²) in [5.74, 6) is -0.0967. The molecule has 16 heteroatoms. The van der Waals surface area contributed by atoms with Gasteiger partial charge in [0.2, 0.25) is 0 Å². The number of thiazole rings is 1. The molecule has 6 rings (SSSR count). The second-order valence-electron chi connectivity index (χ2n) is 9.45. The summed E-state index contributed by atoms with van der Waals surface area (Å²) in [6.45, 7) is -2.70. The highest BCUT2D eigenvalue weighted by molar-refractivity contribution is 7.87. The van der Waals surface area contributed by atoms with E-state index in [1.807, 2.05) is 4.90 Å². The van der Waals surface area contributed by atoms with E-state index in [0.717, 1.165) is 12.3 Å². The van der Waals surface area contributed by atoms with Crippen molar-refractivity contribution < 1.29 is 21.6 Å². The molecule has 4 aromatic rings. The first-order valence-electron chi connectivity index (χ1n) is 12.6. The molecular weight excluding hydrogens is 613 g/mol. The molecule has 0 radical (unpaired) electrons. The smallest absolute Gasteiger partial charge is 0.326 e. The fraction of sp³-hybridized carbons (Fsp3) is 0.231. The van der Waals surface area contributed by atoms with Gasteiger partial charge in [-0.25, -0.2) is 14.1 Å². The van der Waals surface area contributed by atoms with Crippen molar-refractivity contribution in [2.24, 2.45) is 4.99 Å². The van der Waals surface area contributed by atoms with Gasteiger partial charge in [0.15, 0.2) is 10.8 Å². The zero-order valence-corrected chi connectivity index (χ0v) is 23.9. The molecule has 0 amide bonds. The van der Waals surface area contributed by atoms with E-state index in [1.54, 1.807) is 36.0 Å². The molecule has 218 valence electrons. The Morgan fingerprint density at radius 3 is 2.69 bits per heavy atom. The summed E-state index contributed by atoms with van der Waals surface area (Å²) >= 11 is 7.81. The molecule has 2 aliphatic heterocycles. The van der Waals surface area contributed by atoms with E-state index >= 15 is 0 Å². The number of aliphatic imine (C=N–C) groups is 1. The number of hydrogen-bond acceptors (Lipinski definition) is 8. The van der Waals surface area contributed by atoms with Crippen LogP contribution in [0.25, 0.3) is 5.57 Å². The third-order valence-corrected chi connectivity index (χ3v) is 8.98. The molecule has 2 aliphatic rings. The molecule has 5 heterocycles. The highest BCUT2D eigenvalue weighted by atomic mass is 35.5. The van der Waals surface area contributed by atoms with E-state index < -0.39 is 34.7 Å². The predicted molar refractivity (Wildman–Crippen MR) is 151 cm³/mol. The van der Waals surface area contributed by atoms with Crippen molar-refractivity contribution in [1.82, 2.24) is 34.1 Å². The van der Waals surface area contributed by atoms with Crippen LogP contribution in [0.4, 0.5) is 13.2 Å². The van der Waals surface area contributed by atoms with Gasteiger partial charge in [0, 0.05) is 64.8 Å². The fourth-order valence-electron chi connectivity index (χ4n) is 4.97. The number of halogens is 4. The fourth-order valence-corrected chi connectivity index (χ4v) is 6.89. The lowest BCUT2D eigenvalue weighted by molar-refractivity contribution is 0.0564. The molecule has 0 saturated carbocycles. The number of benzene rings is 1. The molecule has 42 heavy (non-hydrogen) atoms. The second kappa shape index (κ2) is 11.6. The minimum Gasteiger partial charge on any atom is -0.326 e. The minimum absolute atomic E-state index is 0.0113. The average molecular weight is 635 g/mol. The van der Waals surface area contributed by atoms with Gasteiger partial charge in [-0.2, -0.15) is 31.7 Å². The van der Waals surface area contributed by atoms with E-state index in [4.69, 9.17) is 16.6 Å². The largest absolute Gasteiger partial charge is 0.333 e. The van der Waals surface area contributed by atoms with Gasteiger partial charge in [0.25, 0.3) is 10.2 Å². The first-order chi connectivity index (χ1) is 20.2. The van der Waals surface area contributed by atoms with Crippen LogP contribution in [-0.4, -0.2) is 51.5 Å². The molecule has 0 aliphatic carbocycles. The average Bonchev–Trinajstić information content (AvgIpc) is 3.73. The number of pyridine rings is 1. The van der Waals surface area contributed by atoms with Gasteiger partial charge in [-0.3, -0.25) is 9.98 Å². The maximum absolute atomic E-state index is 14.0. The number of alkyl halides is 2. The Hall–Kier alpha value is -3.63. The third kappa shape index (κ3) is 5.83. The number of fused-ring (bicyclic) bond motifs is 1. The highest BCUT2D eigenvalue weighted by Crippen LogP contribution is 2.46. The molecule has 1 aromatic carbocycles. The van der Waals surface area contributed by atoms with Crippen LogP contribution >= 0.6 is 22.9 Å². The lowest BCUT2D eigenvalue weighted by atomic mass is 9.92. The van der Waals surface area contributed by atoms with Crippen LogP contribution in [0.1, 0.15) is 41.0 Å². The van der Waals surface area contributed by atoms with Gasteiger partial charge in [-0.1, -0.05) is 23.7 Å². The molecule has 2 N–H and O–H groups in total. The zero-order chi connectivity index (χ0) is 29.4. The molecule has 2 atom stereocenters. The minimum atomic E-state index is -3.97. The summed E-state index contributed by atoms with van der Waals surface area (Å²) in [5.41, 5.74) is 2.24. The Labute approximate surface area is 247 Å². The summed E-state index contributed by atoms with van der Waals surface area (Å²) in [5, 5.41) is 6.52. The van der Waals surface area contributed by atoms with E-state index in [-0.39, 0.29) is 30.2 Å².